The van der Waals surface area contributed by atoms with Crippen molar-refractivity contribution in [2.45, 2.75) is 0 Å². The molecule has 0 aromatic heterocycles. The first-order valence-corrected chi connectivity index (χ1v) is 3.56. The fraction of sp³-hybridized carbons (Fsp3) is 0.125. The summed E-state index contributed by atoms with van der Waals surface area (Å²) in [5, 5.41) is 2.84. The summed E-state index contributed by atoms with van der Waals surface area (Å²) in [5.74, 6) is -0.383. The molecule has 0 aliphatic carbocycles. The van der Waals surface area contributed by atoms with E-state index in [1.54, 1.807) is 24.3 Å². The molecule has 0 radical (unpaired) electrons. The van der Waals surface area contributed by atoms with Gasteiger partial charge < -0.3 is 16.8 Å². The molecule has 80 valence electrons. The van der Waals surface area contributed by atoms with Crippen molar-refractivity contribution in [1.29, 1.82) is 0 Å². The van der Waals surface area contributed by atoms with Crippen molar-refractivity contribution in [1.82, 2.24) is 0 Å². The molecule has 4 nitrogen and oxygen atoms in total. The second kappa shape index (κ2) is 7.29. The SMILES string of the molecule is Cl.Cl.NC(=O)CNc1ccc(N)cc1. The second-order valence-corrected chi connectivity index (χ2v) is 2.44. The van der Waals surface area contributed by atoms with Gasteiger partial charge in [0, 0.05) is 11.4 Å². The number of hydrogen-bond donors (Lipinski definition) is 3. The normalized spacial score (nSPS) is 8.00. The first-order valence-electron chi connectivity index (χ1n) is 3.56. The Labute approximate surface area is 94.9 Å². The lowest BCUT2D eigenvalue weighted by molar-refractivity contribution is -0.116. The smallest absolute Gasteiger partial charge is 0.236 e. The van der Waals surface area contributed by atoms with Gasteiger partial charge in [-0.1, -0.05) is 0 Å². The van der Waals surface area contributed by atoms with Gasteiger partial charge in [0.25, 0.3) is 0 Å². The van der Waals surface area contributed by atoms with Crippen LogP contribution in [0.5, 0.6) is 0 Å². The van der Waals surface area contributed by atoms with Crippen LogP contribution in [0.2, 0.25) is 0 Å². The fourth-order valence-electron chi connectivity index (χ4n) is 0.790. The van der Waals surface area contributed by atoms with Crippen molar-refractivity contribution >= 4 is 42.1 Å². The zero-order chi connectivity index (χ0) is 8.97. The Kier molecular flexibility index (Phi) is 7.99. The van der Waals surface area contributed by atoms with E-state index < -0.39 is 0 Å². The maximum Gasteiger partial charge on any atom is 0.236 e. The van der Waals surface area contributed by atoms with Crippen LogP contribution in [0.15, 0.2) is 24.3 Å². The number of anilines is 2. The Bertz CT molecular complexity index is 276. The molecular formula is C8H13Cl2N3O. The van der Waals surface area contributed by atoms with Gasteiger partial charge in [-0.15, -0.1) is 24.8 Å². The Hall–Kier alpha value is -1.13. The molecule has 0 atom stereocenters. The van der Waals surface area contributed by atoms with Crippen LogP contribution in [0.25, 0.3) is 0 Å². The van der Waals surface area contributed by atoms with E-state index in [-0.39, 0.29) is 37.3 Å². The van der Waals surface area contributed by atoms with E-state index in [1.807, 2.05) is 0 Å². The van der Waals surface area contributed by atoms with Gasteiger partial charge in [0.15, 0.2) is 0 Å². The Morgan fingerprint density at radius 2 is 1.71 bits per heavy atom. The summed E-state index contributed by atoms with van der Waals surface area (Å²) >= 11 is 0. The minimum absolute atomic E-state index is 0. The molecule has 0 spiro atoms. The van der Waals surface area contributed by atoms with Crippen LogP contribution in [0.1, 0.15) is 0 Å². The molecule has 1 amide bonds. The molecule has 14 heavy (non-hydrogen) atoms. The van der Waals surface area contributed by atoms with E-state index in [4.69, 9.17) is 11.5 Å². The first-order chi connectivity index (χ1) is 5.68. The monoisotopic (exact) mass is 237 g/mol. The summed E-state index contributed by atoms with van der Waals surface area (Å²) in [5.41, 5.74) is 11.9. The third-order valence-corrected chi connectivity index (χ3v) is 1.38. The molecule has 0 aliphatic heterocycles. The van der Waals surface area contributed by atoms with Crippen LogP contribution < -0.4 is 16.8 Å². The minimum atomic E-state index is -0.383. The van der Waals surface area contributed by atoms with E-state index in [1.165, 1.54) is 0 Å². The minimum Gasteiger partial charge on any atom is -0.399 e. The van der Waals surface area contributed by atoms with Gasteiger partial charge in [-0.25, -0.2) is 0 Å². The number of nitrogens with two attached hydrogens (primary N) is 2. The topological polar surface area (TPSA) is 81.1 Å². The predicted molar refractivity (Wildman–Crippen MR) is 63.0 cm³/mol. The van der Waals surface area contributed by atoms with Crippen LogP contribution in [-0.2, 0) is 4.79 Å². The van der Waals surface area contributed by atoms with Crippen LogP contribution in [0, 0.1) is 0 Å². The summed E-state index contributed by atoms with van der Waals surface area (Å²) in [6, 6.07) is 7.09. The highest BCUT2D eigenvalue weighted by Gasteiger charge is 1.93. The van der Waals surface area contributed by atoms with Gasteiger partial charge in [0.2, 0.25) is 5.91 Å². The van der Waals surface area contributed by atoms with E-state index >= 15 is 0 Å². The summed E-state index contributed by atoms with van der Waals surface area (Å²) in [7, 11) is 0. The number of amides is 1. The number of carbonyl (C=O) groups is 1. The molecule has 0 unspecified atom stereocenters. The third-order valence-electron chi connectivity index (χ3n) is 1.38. The number of nitrogens with one attached hydrogen (secondary N) is 1. The molecule has 1 aromatic carbocycles. The van der Waals surface area contributed by atoms with Crippen molar-refractivity contribution < 1.29 is 4.79 Å². The Morgan fingerprint density at radius 3 is 2.14 bits per heavy atom. The zero-order valence-corrected chi connectivity index (χ0v) is 9.03. The van der Waals surface area contributed by atoms with E-state index in [0.29, 0.717) is 5.69 Å². The van der Waals surface area contributed by atoms with E-state index in [0.717, 1.165) is 5.69 Å². The lowest BCUT2D eigenvalue weighted by Crippen LogP contribution is -2.21. The molecule has 0 bridgehead atoms. The molecule has 0 saturated carbocycles. The summed E-state index contributed by atoms with van der Waals surface area (Å²) in [4.78, 5) is 10.4. The van der Waals surface area contributed by atoms with Crippen LogP contribution in [0.3, 0.4) is 0 Å². The van der Waals surface area contributed by atoms with Gasteiger partial charge in [-0.3, -0.25) is 4.79 Å². The molecule has 0 saturated heterocycles. The van der Waals surface area contributed by atoms with Gasteiger partial charge >= 0.3 is 0 Å². The summed E-state index contributed by atoms with van der Waals surface area (Å²) in [6.45, 7) is 0.143. The van der Waals surface area contributed by atoms with Crippen molar-refractivity contribution in [2.24, 2.45) is 5.73 Å². The Morgan fingerprint density at radius 1 is 1.21 bits per heavy atom. The molecule has 5 N–H and O–H groups in total. The van der Waals surface area contributed by atoms with Crippen LogP contribution in [0.4, 0.5) is 11.4 Å². The predicted octanol–water partition coefficient (Wildman–Crippen LogP) is 1.01. The highest BCUT2D eigenvalue weighted by molar-refractivity contribution is 5.85. The third kappa shape index (κ3) is 5.50. The maximum absolute atomic E-state index is 10.4. The van der Waals surface area contributed by atoms with Crippen molar-refractivity contribution in [2.75, 3.05) is 17.6 Å². The van der Waals surface area contributed by atoms with Gasteiger partial charge in [0.05, 0.1) is 6.54 Å². The summed E-state index contributed by atoms with van der Waals surface area (Å²) < 4.78 is 0. The van der Waals surface area contributed by atoms with Crippen LogP contribution >= 0.6 is 24.8 Å². The zero-order valence-electron chi connectivity index (χ0n) is 7.40. The Balaban J connectivity index is 0. The van der Waals surface area contributed by atoms with Gasteiger partial charge in [-0.05, 0) is 24.3 Å². The summed E-state index contributed by atoms with van der Waals surface area (Å²) in [6.07, 6.45) is 0. The number of nitrogen functional groups attached to an aromatic ring is 1. The largest absolute Gasteiger partial charge is 0.399 e. The van der Waals surface area contributed by atoms with Crippen LogP contribution in [-0.4, -0.2) is 12.5 Å². The average molecular weight is 238 g/mol. The molecular weight excluding hydrogens is 225 g/mol. The molecule has 0 aliphatic rings. The standard InChI is InChI=1S/C8H11N3O.2ClH/c9-6-1-3-7(4-2-6)11-5-8(10)12;;/h1-4,11H,5,9H2,(H2,10,12);2*1H. The van der Waals surface area contributed by atoms with Crippen molar-refractivity contribution in [3.63, 3.8) is 0 Å². The molecule has 0 heterocycles. The number of halogens is 2. The number of carbonyl (C=O) groups excluding carboxylic acids is 1. The lowest BCUT2D eigenvalue weighted by atomic mass is 10.3. The quantitative estimate of drug-likeness (QED) is 0.687. The number of hydrogen-bond acceptors (Lipinski definition) is 3. The highest BCUT2D eigenvalue weighted by atomic mass is 35.5. The van der Waals surface area contributed by atoms with Crippen molar-refractivity contribution in [3.05, 3.63) is 24.3 Å². The molecule has 6 heteroatoms. The first kappa shape index (κ1) is 15.3. The maximum atomic E-state index is 10.4. The average Bonchev–Trinajstić information content (AvgIpc) is 2.03. The van der Waals surface area contributed by atoms with E-state index in [9.17, 15) is 4.79 Å². The number of primary amides is 1. The highest BCUT2D eigenvalue weighted by Crippen LogP contribution is 2.09. The fourth-order valence-corrected chi connectivity index (χ4v) is 0.790. The molecule has 1 rings (SSSR count). The lowest BCUT2D eigenvalue weighted by Gasteiger charge is -2.02. The van der Waals surface area contributed by atoms with Crippen molar-refractivity contribution in [3.8, 4) is 0 Å². The number of rotatable bonds is 3. The van der Waals surface area contributed by atoms with E-state index in [2.05, 4.69) is 5.32 Å². The van der Waals surface area contributed by atoms with Gasteiger partial charge in [0.1, 0.15) is 0 Å². The number of benzene rings is 1. The van der Waals surface area contributed by atoms with Gasteiger partial charge in [-0.2, -0.15) is 0 Å². The molecule has 0 fully saturated rings. The molecule has 1 aromatic rings. The second-order valence-electron chi connectivity index (χ2n) is 2.44.